The number of ether oxygens (including phenoxy) is 1. The molecule has 0 spiro atoms. The van der Waals surface area contributed by atoms with Crippen LogP contribution < -0.4 is 16.0 Å². The van der Waals surface area contributed by atoms with Crippen LogP contribution in [0.5, 0.6) is 0 Å². The number of rotatable bonds is 4. The molecule has 1 aliphatic heterocycles. The third kappa shape index (κ3) is 5.57. The van der Waals surface area contributed by atoms with Crippen LogP contribution in [-0.2, 0) is 11.3 Å². The van der Waals surface area contributed by atoms with E-state index in [4.69, 9.17) is 10.5 Å². The SMILES string of the molecule is Cl.Cl.NCc1ccc(C(=O)Nc2ccc(N3CCOCC3)nc2)cc1. The van der Waals surface area contributed by atoms with Gasteiger partial charge >= 0.3 is 0 Å². The Morgan fingerprint density at radius 1 is 1.12 bits per heavy atom. The number of anilines is 2. The van der Waals surface area contributed by atoms with Crippen molar-refractivity contribution in [3.63, 3.8) is 0 Å². The molecule has 1 aromatic heterocycles. The van der Waals surface area contributed by atoms with E-state index in [9.17, 15) is 4.79 Å². The molecule has 0 bridgehead atoms. The fourth-order valence-electron chi connectivity index (χ4n) is 2.43. The first-order valence-corrected chi connectivity index (χ1v) is 7.65. The summed E-state index contributed by atoms with van der Waals surface area (Å²) in [5.74, 6) is 0.744. The lowest BCUT2D eigenvalue weighted by Gasteiger charge is -2.27. The second-order valence-electron chi connectivity index (χ2n) is 5.36. The number of hydrogen-bond acceptors (Lipinski definition) is 5. The van der Waals surface area contributed by atoms with Gasteiger partial charge in [-0.15, -0.1) is 24.8 Å². The zero-order valence-electron chi connectivity index (χ0n) is 13.7. The largest absolute Gasteiger partial charge is 0.378 e. The molecular weight excluding hydrogens is 363 g/mol. The van der Waals surface area contributed by atoms with Crippen molar-refractivity contribution in [3.8, 4) is 0 Å². The van der Waals surface area contributed by atoms with E-state index in [1.807, 2.05) is 24.3 Å². The number of pyridine rings is 1. The highest BCUT2D eigenvalue weighted by Crippen LogP contribution is 2.16. The van der Waals surface area contributed by atoms with Crippen LogP contribution in [0.3, 0.4) is 0 Å². The summed E-state index contributed by atoms with van der Waals surface area (Å²) in [5.41, 5.74) is 7.83. The standard InChI is InChI=1S/C17H20N4O2.2ClH/c18-11-13-1-3-14(4-2-13)17(22)20-15-5-6-16(19-12-15)21-7-9-23-10-8-21;;/h1-6,12H,7-11,18H2,(H,20,22);2*1H. The first kappa shape index (κ1) is 21.2. The van der Waals surface area contributed by atoms with Crippen molar-refractivity contribution in [2.45, 2.75) is 6.54 Å². The summed E-state index contributed by atoms with van der Waals surface area (Å²) in [4.78, 5) is 18.8. The predicted molar refractivity (Wildman–Crippen MR) is 104 cm³/mol. The van der Waals surface area contributed by atoms with Crippen LogP contribution in [0.15, 0.2) is 42.6 Å². The van der Waals surface area contributed by atoms with Crippen LogP contribution in [0, 0.1) is 0 Å². The van der Waals surface area contributed by atoms with Gasteiger partial charge in [-0.05, 0) is 29.8 Å². The number of aromatic nitrogens is 1. The Bertz CT molecular complexity index is 659. The van der Waals surface area contributed by atoms with Crippen LogP contribution in [0.25, 0.3) is 0 Å². The molecule has 2 heterocycles. The molecule has 1 amide bonds. The van der Waals surface area contributed by atoms with Gasteiger partial charge in [0.15, 0.2) is 0 Å². The maximum Gasteiger partial charge on any atom is 0.255 e. The number of nitrogens with one attached hydrogen (secondary N) is 1. The third-order valence-corrected chi connectivity index (χ3v) is 3.79. The topological polar surface area (TPSA) is 80.5 Å². The van der Waals surface area contributed by atoms with Gasteiger partial charge in [0, 0.05) is 25.2 Å². The number of benzene rings is 1. The van der Waals surface area contributed by atoms with E-state index in [0.29, 0.717) is 17.8 Å². The van der Waals surface area contributed by atoms with Crippen molar-refractivity contribution in [1.29, 1.82) is 0 Å². The summed E-state index contributed by atoms with van der Waals surface area (Å²) >= 11 is 0. The maximum atomic E-state index is 12.2. The van der Waals surface area contributed by atoms with Crippen LogP contribution in [-0.4, -0.2) is 37.2 Å². The Morgan fingerprint density at radius 2 is 1.80 bits per heavy atom. The molecule has 6 nitrogen and oxygen atoms in total. The molecule has 25 heavy (non-hydrogen) atoms. The van der Waals surface area contributed by atoms with Crippen LogP contribution >= 0.6 is 24.8 Å². The molecule has 1 fully saturated rings. The quantitative estimate of drug-likeness (QED) is 0.845. The molecule has 3 rings (SSSR count). The van der Waals surface area contributed by atoms with Gasteiger partial charge in [0.25, 0.3) is 5.91 Å². The van der Waals surface area contributed by atoms with Gasteiger partial charge in [0.05, 0.1) is 25.1 Å². The Labute approximate surface area is 159 Å². The molecule has 0 atom stereocenters. The zero-order chi connectivity index (χ0) is 16.1. The zero-order valence-corrected chi connectivity index (χ0v) is 15.3. The number of carbonyl (C=O) groups is 1. The van der Waals surface area contributed by atoms with Crippen molar-refractivity contribution in [2.75, 3.05) is 36.5 Å². The lowest BCUT2D eigenvalue weighted by atomic mass is 10.1. The molecule has 136 valence electrons. The summed E-state index contributed by atoms with van der Waals surface area (Å²) in [7, 11) is 0. The number of nitrogens with zero attached hydrogens (tertiary/aromatic N) is 2. The molecule has 8 heteroatoms. The van der Waals surface area contributed by atoms with E-state index in [1.165, 1.54) is 0 Å². The van der Waals surface area contributed by atoms with Gasteiger partial charge in [0.1, 0.15) is 5.82 Å². The van der Waals surface area contributed by atoms with E-state index in [1.54, 1.807) is 18.3 Å². The third-order valence-electron chi connectivity index (χ3n) is 3.79. The van der Waals surface area contributed by atoms with E-state index >= 15 is 0 Å². The second kappa shape index (κ2) is 10.2. The number of nitrogens with two attached hydrogens (primary N) is 1. The van der Waals surface area contributed by atoms with Gasteiger partial charge in [0.2, 0.25) is 0 Å². The summed E-state index contributed by atoms with van der Waals surface area (Å²) in [6, 6.07) is 11.0. The van der Waals surface area contributed by atoms with E-state index in [0.717, 1.165) is 37.7 Å². The first-order valence-electron chi connectivity index (χ1n) is 7.65. The fourth-order valence-corrected chi connectivity index (χ4v) is 2.43. The molecule has 1 aromatic carbocycles. The predicted octanol–water partition coefficient (Wildman–Crippen LogP) is 2.47. The van der Waals surface area contributed by atoms with Gasteiger partial charge in [-0.25, -0.2) is 4.98 Å². The summed E-state index contributed by atoms with van der Waals surface area (Å²) in [6.45, 7) is 3.59. The van der Waals surface area contributed by atoms with Crippen LogP contribution in [0.2, 0.25) is 0 Å². The Kier molecular flexibility index (Phi) is 8.65. The second-order valence-corrected chi connectivity index (χ2v) is 5.36. The highest BCUT2D eigenvalue weighted by molar-refractivity contribution is 6.04. The molecular formula is C17H22Cl2N4O2. The number of morpholine rings is 1. The van der Waals surface area contributed by atoms with Crippen molar-refractivity contribution >= 4 is 42.2 Å². The lowest BCUT2D eigenvalue weighted by molar-refractivity contribution is 0.102. The van der Waals surface area contributed by atoms with Crippen molar-refractivity contribution < 1.29 is 9.53 Å². The monoisotopic (exact) mass is 384 g/mol. The molecule has 1 aliphatic rings. The number of hydrogen-bond donors (Lipinski definition) is 2. The van der Waals surface area contributed by atoms with E-state index < -0.39 is 0 Å². The highest BCUT2D eigenvalue weighted by Gasteiger charge is 2.12. The average molecular weight is 385 g/mol. The summed E-state index contributed by atoms with van der Waals surface area (Å²) < 4.78 is 5.33. The summed E-state index contributed by atoms with van der Waals surface area (Å²) in [5, 5.41) is 2.85. The Hall–Kier alpha value is -1.86. The van der Waals surface area contributed by atoms with E-state index in [2.05, 4.69) is 15.2 Å². The molecule has 0 radical (unpaired) electrons. The van der Waals surface area contributed by atoms with Crippen LogP contribution in [0.1, 0.15) is 15.9 Å². The van der Waals surface area contributed by atoms with Gasteiger partial charge in [-0.2, -0.15) is 0 Å². The molecule has 1 saturated heterocycles. The highest BCUT2D eigenvalue weighted by atomic mass is 35.5. The first-order chi connectivity index (χ1) is 11.3. The smallest absolute Gasteiger partial charge is 0.255 e. The minimum atomic E-state index is -0.158. The Balaban J connectivity index is 0.00000156. The van der Waals surface area contributed by atoms with Crippen molar-refractivity contribution in [2.24, 2.45) is 5.73 Å². The van der Waals surface area contributed by atoms with Crippen molar-refractivity contribution in [1.82, 2.24) is 4.98 Å². The molecule has 0 unspecified atom stereocenters. The maximum absolute atomic E-state index is 12.2. The molecule has 3 N–H and O–H groups in total. The fraction of sp³-hybridized carbons (Fsp3) is 0.294. The van der Waals surface area contributed by atoms with Crippen molar-refractivity contribution in [3.05, 3.63) is 53.7 Å². The average Bonchev–Trinajstić information content (AvgIpc) is 2.63. The number of halogens is 2. The minimum absolute atomic E-state index is 0. The van der Waals surface area contributed by atoms with E-state index in [-0.39, 0.29) is 30.7 Å². The van der Waals surface area contributed by atoms with Gasteiger partial charge < -0.3 is 20.7 Å². The summed E-state index contributed by atoms with van der Waals surface area (Å²) in [6.07, 6.45) is 1.68. The molecule has 0 saturated carbocycles. The van der Waals surface area contributed by atoms with Crippen LogP contribution in [0.4, 0.5) is 11.5 Å². The van der Waals surface area contributed by atoms with Gasteiger partial charge in [-0.3, -0.25) is 4.79 Å². The number of carbonyl (C=O) groups excluding carboxylic acids is 1. The van der Waals surface area contributed by atoms with Gasteiger partial charge in [-0.1, -0.05) is 12.1 Å². The lowest BCUT2D eigenvalue weighted by Crippen LogP contribution is -2.36. The Morgan fingerprint density at radius 3 is 2.36 bits per heavy atom. The molecule has 2 aromatic rings. The number of amides is 1. The molecule has 0 aliphatic carbocycles. The minimum Gasteiger partial charge on any atom is -0.378 e. The normalized spacial score (nSPS) is 13.4.